The smallest absolute Gasteiger partial charge is 0.230 e. The van der Waals surface area contributed by atoms with Gasteiger partial charge in [0.2, 0.25) is 5.91 Å². The number of nitrogens with one attached hydrogen (secondary N) is 2. The lowest BCUT2D eigenvalue weighted by Crippen LogP contribution is -2.45. The van der Waals surface area contributed by atoms with Crippen molar-refractivity contribution >= 4 is 21.8 Å². The fraction of sp³-hybridized carbons (Fsp3) is 0.500. The van der Waals surface area contributed by atoms with E-state index < -0.39 is 5.41 Å². The van der Waals surface area contributed by atoms with Gasteiger partial charge < -0.3 is 15.4 Å². The number of benzene rings is 1. The standard InChI is InChI=1S/C14H19BrN2O2/c1-19-10-14(6-7-16-9-14)13(18)17-8-11-2-4-12(15)5-3-11/h2-5,16H,6-10H2,1H3,(H,17,18). The summed E-state index contributed by atoms with van der Waals surface area (Å²) in [5, 5.41) is 6.25. The molecule has 0 radical (unpaired) electrons. The van der Waals surface area contributed by atoms with E-state index in [1.165, 1.54) is 0 Å². The van der Waals surface area contributed by atoms with Crippen LogP contribution in [-0.2, 0) is 16.1 Å². The summed E-state index contributed by atoms with van der Waals surface area (Å²) in [7, 11) is 1.64. The van der Waals surface area contributed by atoms with E-state index in [1.54, 1.807) is 7.11 Å². The molecular formula is C14H19BrN2O2. The number of hydrogen-bond acceptors (Lipinski definition) is 3. The molecule has 5 heteroatoms. The molecule has 104 valence electrons. The number of carbonyl (C=O) groups excluding carboxylic acids is 1. The van der Waals surface area contributed by atoms with Gasteiger partial charge in [-0.25, -0.2) is 0 Å². The molecule has 1 aliphatic rings. The number of amides is 1. The molecule has 1 fully saturated rings. The SMILES string of the molecule is COCC1(C(=O)NCc2ccc(Br)cc2)CCNC1. The summed E-state index contributed by atoms with van der Waals surface area (Å²) in [6.07, 6.45) is 0.826. The zero-order chi connectivity index (χ0) is 13.7. The van der Waals surface area contributed by atoms with Crippen LogP contribution in [0.5, 0.6) is 0 Å². The van der Waals surface area contributed by atoms with Gasteiger partial charge in [0.25, 0.3) is 0 Å². The quantitative estimate of drug-likeness (QED) is 0.865. The second-order valence-corrected chi connectivity index (χ2v) is 5.86. The molecule has 1 aliphatic heterocycles. The van der Waals surface area contributed by atoms with E-state index in [1.807, 2.05) is 24.3 Å². The van der Waals surface area contributed by atoms with Gasteiger partial charge in [-0.15, -0.1) is 0 Å². The Balaban J connectivity index is 1.94. The van der Waals surface area contributed by atoms with Crippen LogP contribution in [0.3, 0.4) is 0 Å². The molecule has 1 unspecified atom stereocenters. The van der Waals surface area contributed by atoms with Crippen LogP contribution in [0.1, 0.15) is 12.0 Å². The Hall–Kier alpha value is -0.910. The van der Waals surface area contributed by atoms with E-state index in [0.29, 0.717) is 19.7 Å². The molecule has 1 heterocycles. The van der Waals surface area contributed by atoms with Gasteiger partial charge >= 0.3 is 0 Å². The topological polar surface area (TPSA) is 50.4 Å². The van der Waals surface area contributed by atoms with Gasteiger partial charge in [-0.05, 0) is 30.7 Å². The van der Waals surface area contributed by atoms with Crippen LogP contribution in [0.25, 0.3) is 0 Å². The van der Waals surface area contributed by atoms with Crippen molar-refractivity contribution in [3.63, 3.8) is 0 Å². The van der Waals surface area contributed by atoms with Crippen molar-refractivity contribution in [2.24, 2.45) is 5.41 Å². The van der Waals surface area contributed by atoms with Crippen LogP contribution >= 0.6 is 15.9 Å². The maximum Gasteiger partial charge on any atom is 0.230 e. The fourth-order valence-corrected chi connectivity index (χ4v) is 2.64. The molecule has 4 nitrogen and oxygen atoms in total. The van der Waals surface area contributed by atoms with E-state index in [4.69, 9.17) is 4.74 Å². The number of hydrogen-bond donors (Lipinski definition) is 2. The predicted molar refractivity (Wildman–Crippen MR) is 77.8 cm³/mol. The molecule has 2 rings (SSSR count). The maximum atomic E-state index is 12.4. The third-order valence-corrected chi connectivity index (χ3v) is 4.04. The van der Waals surface area contributed by atoms with E-state index >= 15 is 0 Å². The lowest BCUT2D eigenvalue weighted by Gasteiger charge is -2.25. The minimum Gasteiger partial charge on any atom is -0.384 e. The summed E-state index contributed by atoms with van der Waals surface area (Å²) in [6, 6.07) is 7.95. The average molecular weight is 327 g/mol. The minimum atomic E-state index is -0.413. The van der Waals surface area contributed by atoms with Crippen LogP contribution in [0.4, 0.5) is 0 Å². The van der Waals surface area contributed by atoms with Gasteiger partial charge in [-0.1, -0.05) is 28.1 Å². The lowest BCUT2D eigenvalue weighted by atomic mass is 9.87. The number of rotatable bonds is 5. The first-order chi connectivity index (χ1) is 9.16. The van der Waals surface area contributed by atoms with Gasteiger partial charge in [0.05, 0.1) is 12.0 Å². The van der Waals surface area contributed by atoms with E-state index in [9.17, 15) is 4.79 Å². The summed E-state index contributed by atoms with van der Waals surface area (Å²) in [6.45, 7) is 2.58. The average Bonchev–Trinajstić information content (AvgIpc) is 2.88. The molecule has 1 saturated heterocycles. The third kappa shape index (κ3) is 3.55. The number of carbonyl (C=O) groups is 1. The van der Waals surface area contributed by atoms with Crippen LogP contribution in [-0.4, -0.2) is 32.7 Å². The zero-order valence-electron chi connectivity index (χ0n) is 11.0. The van der Waals surface area contributed by atoms with Crippen LogP contribution in [0.2, 0.25) is 0 Å². The summed E-state index contributed by atoms with van der Waals surface area (Å²) in [5.41, 5.74) is 0.680. The Kier molecular flexibility index (Phi) is 4.96. The monoisotopic (exact) mass is 326 g/mol. The molecule has 0 aliphatic carbocycles. The van der Waals surface area contributed by atoms with Crippen molar-refractivity contribution in [1.29, 1.82) is 0 Å². The number of halogens is 1. The number of methoxy groups -OCH3 is 1. The molecule has 1 amide bonds. The van der Waals surface area contributed by atoms with Gasteiger partial charge in [-0.3, -0.25) is 4.79 Å². The Morgan fingerprint density at radius 2 is 2.21 bits per heavy atom. The second-order valence-electron chi connectivity index (χ2n) is 4.95. The molecule has 1 aromatic rings. The summed E-state index contributed by atoms with van der Waals surface area (Å²) in [5.74, 6) is 0.0715. The van der Waals surface area contributed by atoms with Gasteiger partial charge in [0.1, 0.15) is 0 Å². The largest absolute Gasteiger partial charge is 0.384 e. The summed E-state index contributed by atoms with van der Waals surface area (Å²) >= 11 is 3.40. The van der Waals surface area contributed by atoms with Crippen molar-refractivity contribution in [2.75, 3.05) is 26.8 Å². The zero-order valence-corrected chi connectivity index (χ0v) is 12.6. The van der Waals surface area contributed by atoms with Gasteiger partial charge in [-0.2, -0.15) is 0 Å². The highest BCUT2D eigenvalue weighted by atomic mass is 79.9. The Bertz CT molecular complexity index is 428. The Morgan fingerprint density at radius 3 is 2.79 bits per heavy atom. The van der Waals surface area contributed by atoms with Crippen molar-refractivity contribution < 1.29 is 9.53 Å². The highest BCUT2D eigenvalue weighted by Crippen LogP contribution is 2.26. The van der Waals surface area contributed by atoms with Crippen molar-refractivity contribution in [2.45, 2.75) is 13.0 Å². The minimum absolute atomic E-state index is 0.0715. The first-order valence-electron chi connectivity index (χ1n) is 6.39. The molecular weight excluding hydrogens is 308 g/mol. The normalized spacial score (nSPS) is 22.4. The van der Waals surface area contributed by atoms with Crippen molar-refractivity contribution in [1.82, 2.24) is 10.6 Å². The molecule has 0 saturated carbocycles. The molecule has 1 atom stereocenters. The predicted octanol–water partition coefficient (Wildman–Crippen LogP) is 1.69. The van der Waals surface area contributed by atoms with Gasteiger partial charge in [0, 0.05) is 24.7 Å². The molecule has 2 N–H and O–H groups in total. The fourth-order valence-electron chi connectivity index (χ4n) is 2.37. The van der Waals surface area contributed by atoms with Crippen molar-refractivity contribution in [3.8, 4) is 0 Å². The Morgan fingerprint density at radius 1 is 1.47 bits per heavy atom. The highest BCUT2D eigenvalue weighted by Gasteiger charge is 2.41. The van der Waals surface area contributed by atoms with Crippen LogP contribution < -0.4 is 10.6 Å². The van der Waals surface area contributed by atoms with Crippen LogP contribution in [0, 0.1) is 5.41 Å². The summed E-state index contributed by atoms with van der Waals surface area (Å²) < 4.78 is 6.25. The molecule has 1 aromatic carbocycles. The van der Waals surface area contributed by atoms with Crippen molar-refractivity contribution in [3.05, 3.63) is 34.3 Å². The van der Waals surface area contributed by atoms with E-state index in [2.05, 4.69) is 26.6 Å². The number of ether oxygens (including phenoxy) is 1. The highest BCUT2D eigenvalue weighted by molar-refractivity contribution is 9.10. The van der Waals surface area contributed by atoms with Gasteiger partial charge in [0.15, 0.2) is 0 Å². The molecule has 0 aromatic heterocycles. The summed E-state index contributed by atoms with van der Waals surface area (Å²) in [4.78, 5) is 12.4. The first kappa shape index (κ1) is 14.5. The molecule has 0 spiro atoms. The van der Waals surface area contributed by atoms with Crippen LogP contribution in [0.15, 0.2) is 28.7 Å². The van der Waals surface area contributed by atoms with E-state index in [0.717, 1.165) is 23.0 Å². The van der Waals surface area contributed by atoms with E-state index in [-0.39, 0.29) is 5.91 Å². The lowest BCUT2D eigenvalue weighted by molar-refractivity contribution is -0.133. The third-order valence-electron chi connectivity index (χ3n) is 3.51. The second kappa shape index (κ2) is 6.50. The molecule has 19 heavy (non-hydrogen) atoms. The Labute approximate surface area is 122 Å². The first-order valence-corrected chi connectivity index (χ1v) is 7.18. The maximum absolute atomic E-state index is 12.4. The molecule has 0 bridgehead atoms.